The minimum absolute atomic E-state index is 0.354. The molecule has 1 aromatic carbocycles. The first kappa shape index (κ1) is 18.7. The van der Waals surface area contributed by atoms with E-state index >= 15 is 0 Å². The van der Waals surface area contributed by atoms with Gasteiger partial charge in [0, 0.05) is 10.6 Å². The van der Waals surface area contributed by atoms with Crippen molar-refractivity contribution in [3.8, 4) is 6.07 Å². The molecule has 1 saturated carbocycles. The van der Waals surface area contributed by atoms with E-state index in [1.165, 1.54) is 12.1 Å². The molecule has 25 heavy (non-hydrogen) atoms. The fourth-order valence-electron chi connectivity index (χ4n) is 2.60. The fraction of sp³-hybridized carbons (Fsp3) is 0.412. The first-order chi connectivity index (χ1) is 11.9. The predicted octanol–water partition coefficient (Wildman–Crippen LogP) is 1.57. The molecule has 0 aromatic heterocycles. The SMILES string of the molecule is N#CC1(NC(=O)COC(=O)CNC(=O)c2ccc(Cl)cc2)CCCC1. The zero-order valence-corrected chi connectivity index (χ0v) is 14.3. The predicted molar refractivity (Wildman–Crippen MR) is 89.7 cm³/mol. The summed E-state index contributed by atoms with van der Waals surface area (Å²) in [5.41, 5.74) is -0.501. The van der Waals surface area contributed by atoms with Gasteiger partial charge in [-0.1, -0.05) is 11.6 Å². The molecule has 0 heterocycles. The molecule has 7 nitrogen and oxygen atoms in total. The van der Waals surface area contributed by atoms with Crippen molar-refractivity contribution in [2.75, 3.05) is 13.2 Å². The van der Waals surface area contributed by atoms with Crippen LogP contribution < -0.4 is 10.6 Å². The van der Waals surface area contributed by atoms with Crippen LogP contribution in [0.5, 0.6) is 0 Å². The van der Waals surface area contributed by atoms with Gasteiger partial charge in [0.15, 0.2) is 6.61 Å². The van der Waals surface area contributed by atoms with Crippen molar-refractivity contribution in [2.45, 2.75) is 31.2 Å². The molecule has 1 aliphatic rings. The van der Waals surface area contributed by atoms with Gasteiger partial charge in [-0.2, -0.15) is 5.26 Å². The van der Waals surface area contributed by atoms with Crippen molar-refractivity contribution in [2.24, 2.45) is 0 Å². The van der Waals surface area contributed by atoms with Crippen molar-refractivity contribution in [1.82, 2.24) is 10.6 Å². The fourth-order valence-corrected chi connectivity index (χ4v) is 2.73. The minimum Gasteiger partial charge on any atom is -0.454 e. The molecule has 2 amide bonds. The van der Waals surface area contributed by atoms with Crippen LogP contribution in [-0.2, 0) is 14.3 Å². The average Bonchev–Trinajstić information content (AvgIpc) is 3.07. The maximum absolute atomic E-state index is 11.8. The Labute approximate surface area is 150 Å². The Bertz CT molecular complexity index is 691. The van der Waals surface area contributed by atoms with Gasteiger partial charge in [0.2, 0.25) is 0 Å². The summed E-state index contributed by atoms with van der Waals surface area (Å²) in [7, 11) is 0. The number of rotatable bonds is 6. The van der Waals surface area contributed by atoms with Gasteiger partial charge >= 0.3 is 5.97 Å². The third-order valence-electron chi connectivity index (χ3n) is 3.91. The van der Waals surface area contributed by atoms with Crippen molar-refractivity contribution in [3.05, 3.63) is 34.9 Å². The number of carbonyl (C=O) groups is 3. The topological polar surface area (TPSA) is 108 Å². The van der Waals surface area contributed by atoms with Crippen LogP contribution in [0.25, 0.3) is 0 Å². The normalized spacial score (nSPS) is 15.0. The number of hydrogen-bond donors (Lipinski definition) is 2. The summed E-state index contributed by atoms with van der Waals surface area (Å²) < 4.78 is 4.81. The number of nitriles is 1. The van der Waals surface area contributed by atoms with E-state index in [9.17, 15) is 19.6 Å². The van der Waals surface area contributed by atoms with Gasteiger partial charge in [0.05, 0.1) is 6.07 Å². The molecule has 0 bridgehead atoms. The van der Waals surface area contributed by atoms with E-state index < -0.39 is 29.9 Å². The lowest BCUT2D eigenvalue weighted by atomic mass is 10.00. The highest BCUT2D eigenvalue weighted by Gasteiger charge is 2.35. The van der Waals surface area contributed by atoms with Gasteiger partial charge < -0.3 is 15.4 Å². The van der Waals surface area contributed by atoms with Crippen LogP contribution in [0.15, 0.2) is 24.3 Å². The number of esters is 1. The lowest BCUT2D eigenvalue weighted by Crippen LogP contribution is -2.47. The van der Waals surface area contributed by atoms with Gasteiger partial charge in [-0.05, 0) is 49.9 Å². The van der Waals surface area contributed by atoms with Crippen LogP contribution in [0.4, 0.5) is 0 Å². The number of ether oxygens (including phenoxy) is 1. The van der Waals surface area contributed by atoms with Gasteiger partial charge in [-0.3, -0.25) is 14.4 Å². The Morgan fingerprint density at radius 1 is 1.20 bits per heavy atom. The monoisotopic (exact) mass is 363 g/mol. The van der Waals surface area contributed by atoms with Crippen LogP contribution in [-0.4, -0.2) is 36.5 Å². The average molecular weight is 364 g/mol. The molecule has 0 spiro atoms. The number of amides is 2. The van der Waals surface area contributed by atoms with E-state index in [2.05, 4.69) is 16.7 Å². The second kappa shape index (κ2) is 8.49. The summed E-state index contributed by atoms with van der Waals surface area (Å²) in [6.45, 7) is -0.850. The molecule has 1 fully saturated rings. The summed E-state index contributed by atoms with van der Waals surface area (Å²) in [4.78, 5) is 35.3. The Balaban J connectivity index is 1.71. The lowest BCUT2D eigenvalue weighted by molar-refractivity contribution is -0.147. The highest BCUT2D eigenvalue weighted by molar-refractivity contribution is 6.30. The Kier molecular flexibility index (Phi) is 6.37. The third-order valence-corrected chi connectivity index (χ3v) is 4.17. The number of benzene rings is 1. The van der Waals surface area contributed by atoms with Crippen molar-refractivity contribution < 1.29 is 19.1 Å². The summed E-state index contributed by atoms with van der Waals surface area (Å²) >= 11 is 5.73. The molecule has 8 heteroatoms. The van der Waals surface area contributed by atoms with E-state index in [1.807, 2.05) is 0 Å². The second-order valence-electron chi connectivity index (χ2n) is 5.80. The zero-order valence-electron chi connectivity index (χ0n) is 13.5. The quantitative estimate of drug-likeness (QED) is 0.746. The first-order valence-electron chi connectivity index (χ1n) is 7.86. The van der Waals surface area contributed by atoms with E-state index in [0.29, 0.717) is 23.4 Å². The summed E-state index contributed by atoms with van der Waals surface area (Å²) in [5.74, 6) is -1.72. The Hall–Kier alpha value is -2.59. The Morgan fingerprint density at radius 3 is 2.44 bits per heavy atom. The smallest absolute Gasteiger partial charge is 0.325 e. The van der Waals surface area contributed by atoms with E-state index in [4.69, 9.17) is 16.3 Å². The maximum atomic E-state index is 11.8. The second-order valence-corrected chi connectivity index (χ2v) is 6.24. The van der Waals surface area contributed by atoms with E-state index in [0.717, 1.165) is 12.8 Å². The first-order valence-corrected chi connectivity index (χ1v) is 8.23. The molecule has 0 atom stereocenters. The number of carbonyl (C=O) groups excluding carboxylic acids is 3. The molecule has 1 aromatic rings. The molecule has 132 valence electrons. The minimum atomic E-state index is -0.855. The molecule has 1 aliphatic carbocycles. The number of halogens is 1. The summed E-state index contributed by atoms with van der Waals surface area (Å²) in [6.07, 6.45) is 2.95. The lowest BCUT2D eigenvalue weighted by Gasteiger charge is -2.21. The number of nitrogens with one attached hydrogen (secondary N) is 2. The summed E-state index contributed by atoms with van der Waals surface area (Å²) in [6, 6.07) is 8.30. The van der Waals surface area contributed by atoms with Gasteiger partial charge in [-0.25, -0.2) is 0 Å². The molecule has 2 rings (SSSR count). The van der Waals surface area contributed by atoms with Gasteiger partial charge in [0.25, 0.3) is 11.8 Å². The molecule has 0 radical (unpaired) electrons. The highest BCUT2D eigenvalue weighted by Crippen LogP contribution is 2.28. The van der Waals surface area contributed by atoms with Crippen LogP contribution in [0.2, 0.25) is 5.02 Å². The maximum Gasteiger partial charge on any atom is 0.325 e. The zero-order chi connectivity index (χ0) is 18.3. The largest absolute Gasteiger partial charge is 0.454 e. The van der Waals surface area contributed by atoms with Crippen LogP contribution in [0, 0.1) is 11.3 Å². The van der Waals surface area contributed by atoms with Gasteiger partial charge in [0.1, 0.15) is 12.1 Å². The van der Waals surface area contributed by atoms with Crippen LogP contribution >= 0.6 is 11.6 Å². The molecule has 0 saturated heterocycles. The molecular formula is C17H18ClN3O4. The number of hydrogen-bond acceptors (Lipinski definition) is 5. The molecule has 2 N–H and O–H groups in total. The van der Waals surface area contributed by atoms with Crippen molar-refractivity contribution >= 4 is 29.4 Å². The molecular weight excluding hydrogens is 346 g/mol. The summed E-state index contributed by atoms with van der Waals surface area (Å²) in [5, 5.41) is 14.7. The van der Waals surface area contributed by atoms with E-state index in [1.54, 1.807) is 12.1 Å². The van der Waals surface area contributed by atoms with Crippen molar-refractivity contribution in [1.29, 1.82) is 5.26 Å². The Morgan fingerprint density at radius 2 is 1.84 bits per heavy atom. The van der Waals surface area contributed by atoms with E-state index in [-0.39, 0.29) is 6.54 Å². The number of nitrogens with zero attached hydrogens (tertiary/aromatic N) is 1. The molecule has 0 unspecified atom stereocenters. The van der Waals surface area contributed by atoms with Crippen LogP contribution in [0.1, 0.15) is 36.0 Å². The third kappa shape index (κ3) is 5.47. The van der Waals surface area contributed by atoms with Crippen LogP contribution in [0.3, 0.4) is 0 Å². The molecule has 0 aliphatic heterocycles. The van der Waals surface area contributed by atoms with Gasteiger partial charge in [-0.15, -0.1) is 0 Å². The highest BCUT2D eigenvalue weighted by atomic mass is 35.5. The standard InChI is InChI=1S/C17H18ClN3O4/c18-13-5-3-12(4-6-13)16(24)20-9-15(23)25-10-14(22)21-17(11-19)7-1-2-8-17/h3-6H,1-2,7-10H2,(H,20,24)(H,21,22). The van der Waals surface area contributed by atoms with Crippen molar-refractivity contribution in [3.63, 3.8) is 0 Å².